The summed E-state index contributed by atoms with van der Waals surface area (Å²) in [7, 11) is 0. The zero-order valence-electron chi connectivity index (χ0n) is 10.1. The average Bonchev–Trinajstić information content (AvgIpc) is 1.94. The van der Waals surface area contributed by atoms with E-state index in [1.54, 1.807) is 0 Å². The van der Waals surface area contributed by atoms with Crippen LogP contribution >= 0.6 is 0 Å². The molecular formula is C10H20N2O3. The van der Waals surface area contributed by atoms with Crippen molar-refractivity contribution < 1.29 is 9.90 Å². The Morgan fingerprint density at radius 1 is 1.27 bits per heavy atom. The van der Waals surface area contributed by atoms with Gasteiger partial charge in [-0.25, -0.2) is 5.01 Å². The molecule has 0 aromatic rings. The van der Waals surface area contributed by atoms with E-state index in [0.29, 0.717) is 6.42 Å². The fourth-order valence-corrected chi connectivity index (χ4v) is 1.87. The van der Waals surface area contributed by atoms with Crippen molar-refractivity contribution in [2.45, 2.75) is 46.6 Å². The van der Waals surface area contributed by atoms with Crippen LogP contribution in [0.15, 0.2) is 5.29 Å². The molecule has 0 atom stereocenters. The second kappa shape index (κ2) is 4.59. The first-order valence-corrected chi connectivity index (χ1v) is 4.91. The van der Waals surface area contributed by atoms with Crippen LogP contribution in [-0.2, 0) is 4.79 Å². The smallest absolute Gasteiger partial charge is 0.325 e. The third-order valence-electron chi connectivity index (χ3n) is 2.05. The zero-order chi connectivity index (χ0) is 12.3. The van der Waals surface area contributed by atoms with Gasteiger partial charge < -0.3 is 5.11 Å². The Balaban J connectivity index is 4.65. The maximum absolute atomic E-state index is 10.6. The van der Waals surface area contributed by atoms with E-state index in [2.05, 4.69) is 5.29 Å². The molecule has 0 bridgehead atoms. The predicted octanol–water partition coefficient (Wildman–Crippen LogP) is 2.27. The second-order valence-corrected chi connectivity index (χ2v) is 5.58. The summed E-state index contributed by atoms with van der Waals surface area (Å²) in [5, 5.41) is 12.5. The van der Waals surface area contributed by atoms with Crippen molar-refractivity contribution in [3.8, 4) is 0 Å². The molecule has 0 amide bonds. The fourth-order valence-electron chi connectivity index (χ4n) is 1.87. The van der Waals surface area contributed by atoms with Crippen LogP contribution in [0.3, 0.4) is 0 Å². The summed E-state index contributed by atoms with van der Waals surface area (Å²) in [5.74, 6) is -1.04. The van der Waals surface area contributed by atoms with Gasteiger partial charge in [0.2, 0.25) is 0 Å². The highest BCUT2D eigenvalue weighted by Crippen LogP contribution is 2.31. The number of hydrogen-bond acceptors (Lipinski definition) is 3. The van der Waals surface area contributed by atoms with Gasteiger partial charge in [-0.1, -0.05) is 20.8 Å². The number of nitroso groups, excluding NO2 is 1. The van der Waals surface area contributed by atoms with Crippen LogP contribution in [0.4, 0.5) is 0 Å². The van der Waals surface area contributed by atoms with Gasteiger partial charge in [0, 0.05) is 0 Å². The lowest BCUT2D eigenvalue weighted by molar-refractivity contribution is -0.140. The number of aliphatic carboxylic acids is 1. The maximum atomic E-state index is 10.6. The number of rotatable bonds is 5. The number of carbonyl (C=O) groups is 1. The summed E-state index contributed by atoms with van der Waals surface area (Å²) in [6.45, 7) is 9.41. The van der Waals surface area contributed by atoms with E-state index in [1.165, 1.54) is 0 Å². The van der Waals surface area contributed by atoms with Gasteiger partial charge in [0.25, 0.3) is 0 Å². The normalized spacial score (nSPS) is 12.3. The Labute approximate surface area is 90.4 Å². The number of hydrogen-bond donors (Lipinski definition) is 1. The Kier molecular flexibility index (Phi) is 4.25. The van der Waals surface area contributed by atoms with Crippen molar-refractivity contribution in [2.24, 2.45) is 10.7 Å². The molecule has 15 heavy (non-hydrogen) atoms. The monoisotopic (exact) mass is 216 g/mol. The van der Waals surface area contributed by atoms with E-state index in [-0.39, 0.29) is 12.0 Å². The van der Waals surface area contributed by atoms with Crippen molar-refractivity contribution in [3.05, 3.63) is 4.91 Å². The molecule has 5 nitrogen and oxygen atoms in total. The minimum absolute atomic E-state index is 0.0188. The van der Waals surface area contributed by atoms with Gasteiger partial charge >= 0.3 is 5.97 Å². The van der Waals surface area contributed by atoms with Crippen LogP contribution < -0.4 is 0 Å². The molecule has 0 spiro atoms. The Bertz CT molecular complexity index is 244. The predicted molar refractivity (Wildman–Crippen MR) is 58.3 cm³/mol. The van der Waals surface area contributed by atoms with Crippen molar-refractivity contribution in [2.75, 3.05) is 6.54 Å². The van der Waals surface area contributed by atoms with Crippen molar-refractivity contribution >= 4 is 5.97 Å². The van der Waals surface area contributed by atoms with Crippen LogP contribution in [-0.4, -0.2) is 28.2 Å². The summed E-state index contributed by atoms with van der Waals surface area (Å²) in [6.07, 6.45) is 0.693. The van der Waals surface area contributed by atoms with Crippen LogP contribution in [0.5, 0.6) is 0 Å². The summed E-state index contributed by atoms with van der Waals surface area (Å²) in [4.78, 5) is 21.1. The molecule has 0 unspecified atom stereocenters. The molecule has 0 fully saturated rings. The van der Waals surface area contributed by atoms with Crippen LogP contribution in [0.25, 0.3) is 0 Å². The van der Waals surface area contributed by atoms with Gasteiger partial charge in [-0.2, -0.15) is 0 Å². The van der Waals surface area contributed by atoms with E-state index in [1.807, 2.05) is 34.6 Å². The SMILES string of the molecule is CC(C)(C)CC(C)(C)N(CC(=O)O)N=O. The highest BCUT2D eigenvalue weighted by Gasteiger charge is 2.33. The first-order valence-electron chi connectivity index (χ1n) is 4.91. The lowest BCUT2D eigenvalue weighted by Gasteiger charge is -2.37. The molecule has 0 aromatic carbocycles. The third kappa shape index (κ3) is 5.34. The van der Waals surface area contributed by atoms with Gasteiger partial charge in [0.05, 0.1) is 10.8 Å². The van der Waals surface area contributed by atoms with E-state index in [4.69, 9.17) is 5.11 Å². The molecule has 0 radical (unpaired) electrons. The summed E-state index contributed by atoms with van der Waals surface area (Å²) in [6, 6.07) is 0. The molecule has 0 aliphatic heterocycles. The lowest BCUT2D eigenvalue weighted by Crippen LogP contribution is -2.45. The van der Waals surface area contributed by atoms with Crippen LogP contribution in [0.1, 0.15) is 41.0 Å². The largest absolute Gasteiger partial charge is 0.480 e. The van der Waals surface area contributed by atoms with Gasteiger partial charge in [-0.15, -0.1) is 4.91 Å². The van der Waals surface area contributed by atoms with E-state index >= 15 is 0 Å². The first kappa shape index (κ1) is 13.9. The molecule has 88 valence electrons. The molecule has 0 aromatic heterocycles. The van der Waals surface area contributed by atoms with E-state index in [0.717, 1.165) is 5.01 Å². The summed E-state index contributed by atoms with van der Waals surface area (Å²) < 4.78 is 0. The summed E-state index contributed by atoms with van der Waals surface area (Å²) >= 11 is 0. The van der Waals surface area contributed by atoms with Crippen molar-refractivity contribution in [1.82, 2.24) is 5.01 Å². The molecule has 0 rings (SSSR count). The minimum atomic E-state index is -1.04. The lowest BCUT2D eigenvalue weighted by atomic mass is 9.81. The van der Waals surface area contributed by atoms with Gasteiger partial charge in [-0.3, -0.25) is 4.79 Å². The molecule has 0 heterocycles. The van der Waals surface area contributed by atoms with Gasteiger partial charge in [-0.05, 0) is 25.7 Å². The average molecular weight is 216 g/mol. The number of nitrogens with zero attached hydrogens (tertiary/aromatic N) is 2. The molecular weight excluding hydrogens is 196 g/mol. The van der Waals surface area contributed by atoms with Crippen LogP contribution in [0, 0.1) is 10.3 Å². The van der Waals surface area contributed by atoms with Gasteiger partial charge in [0.1, 0.15) is 6.54 Å². The maximum Gasteiger partial charge on any atom is 0.325 e. The Hall–Kier alpha value is -1.13. The van der Waals surface area contributed by atoms with E-state index < -0.39 is 11.5 Å². The third-order valence-corrected chi connectivity index (χ3v) is 2.05. The number of carboxylic acid groups (broad SMARTS) is 1. The Morgan fingerprint density at radius 2 is 1.73 bits per heavy atom. The molecule has 0 saturated heterocycles. The standard InChI is InChI=1S/C10H20N2O3/c1-9(2,3)7-10(4,5)12(11-15)6-8(13)14/h6-7H2,1-5H3,(H,13,14). The highest BCUT2D eigenvalue weighted by molar-refractivity contribution is 5.69. The molecule has 0 aliphatic rings. The number of carboxylic acids is 1. The second-order valence-electron chi connectivity index (χ2n) is 5.58. The molecule has 1 N–H and O–H groups in total. The highest BCUT2D eigenvalue weighted by atomic mass is 16.4. The van der Waals surface area contributed by atoms with Gasteiger partial charge in [0.15, 0.2) is 0 Å². The Morgan fingerprint density at radius 3 is 2.00 bits per heavy atom. The molecule has 5 heteroatoms. The first-order chi connectivity index (χ1) is 6.58. The molecule has 0 aliphatic carbocycles. The topological polar surface area (TPSA) is 70.0 Å². The minimum Gasteiger partial charge on any atom is -0.480 e. The summed E-state index contributed by atoms with van der Waals surface area (Å²) in [5.41, 5.74) is -0.524. The molecule has 0 saturated carbocycles. The quantitative estimate of drug-likeness (QED) is 0.565. The fraction of sp³-hybridized carbons (Fsp3) is 0.900. The van der Waals surface area contributed by atoms with Crippen molar-refractivity contribution in [1.29, 1.82) is 0 Å². The van der Waals surface area contributed by atoms with Crippen molar-refractivity contribution in [3.63, 3.8) is 0 Å². The van der Waals surface area contributed by atoms with Crippen LogP contribution in [0.2, 0.25) is 0 Å². The van der Waals surface area contributed by atoms with E-state index in [9.17, 15) is 9.70 Å². The zero-order valence-corrected chi connectivity index (χ0v) is 10.1.